The molecule has 1 amide bonds. The van der Waals surface area contributed by atoms with Crippen molar-refractivity contribution in [2.45, 2.75) is 24.7 Å². The summed E-state index contributed by atoms with van der Waals surface area (Å²) in [5, 5.41) is 9.55. The third kappa shape index (κ3) is 5.24. The van der Waals surface area contributed by atoms with Crippen LogP contribution in [0.15, 0.2) is 53.7 Å². The van der Waals surface area contributed by atoms with Gasteiger partial charge in [0.2, 0.25) is 0 Å². The van der Waals surface area contributed by atoms with Crippen LogP contribution in [0.4, 0.5) is 13.2 Å². The van der Waals surface area contributed by atoms with Crippen LogP contribution in [0.5, 0.6) is 5.75 Å². The van der Waals surface area contributed by atoms with Gasteiger partial charge in [-0.05, 0) is 43.2 Å². The quantitative estimate of drug-likeness (QED) is 0.543. The number of carbonyl (C=O) groups is 2. The molecule has 1 aromatic heterocycles. The number of hydrogen-bond donors (Lipinski definition) is 1. The van der Waals surface area contributed by atoms with Crippen molar-refractivity contribution >= 4 is 17.7 Å². The van der Waals surface area contributed by atoms with E-state index in [4.69, 9.17) is 0 Å². The van der Waals surface area contributed by atoms with Crippen LogP contribution in [0, 0.1) is 0 Å². The number of ether oxygens (including phenoxy) is 1. The van der Waals surface area contributed by atoms with Gasteiger partial charge in [-0.15, -0.1) is 13.2 Å². The van der Waals surface area contributed by atoms with Crippen molar-refractivity contribution in [2.24, 2.45) is 4.99 Å². The highest BCUT2D eigenvalue weighted by Crippen LogP contribution is 2.40. The first kappa shape index (κ1) is 22.6. The molecule has 1 saturated heterocycles. The van der Waals surface area contributed by atoms with Crippen molar-refractivity contribution in [3.63, 3.8) is 0 Å². The number of amides is 1. The van der Waals surface area contributed by atoms with Gasteiger partial charge in [-0.25, -0.2) is 9.79 Å². The third-order valence-electron chi connectivity index (χ3n) is 5.52. The summed E-state index contributed by atoms with van der Waals surface area (Å²) in [4.78, 5) is 36.8. The van der Waals surface area contributed by atoms with Crippen LogP contribution in [-0.4, -0.2) is 75.7 Å². The minimum atomic E-state index is -4.84. The average Bonchev–Trinajstić information content (AvgIpc) is 3.58. The Kier molecular flexibility index (Phi) is 5.96. The van der Waals surface area contributed by atoms with Crippen molar-refractivity contribution in [1.82, 2.24) is 14.8 Å². The normalized spacial score (nSPS) is 18.1. The van der Waals surface area contributed by atoms with Crippen molar-refractivity contribution in [2.75, 3.05) is 26.2 Å². The molecule has 1 aliphatic heterocycles. The number of hydrogen-bond acceptors (Lipinski definition) is 5. The number of carboxylic acids is 1. The Morgan fingerprint density at radius 3 is 2.30 bits per heavy atom. The summed E-state index contributed by atoms with van der Waals surface area (Å²) in [7, 11) is 0. The zero-order chi connectivity index (χ0) is 23.6. The number of rotatable bonds is 5. The van der Waals surface area contributed by atoms with E-state index in [0.29, 0.717) is 37.5 Å². The summed E-state index contributed by atoms with van der Waals surface area (Å²) in [6.07, 6.45) is -2.34. The summed E-state index contributed by atoms with van der Waals surface area (Å²) < 4.78 is 41.3. The van der Waals surface area contributed by atoms with Gasteiger partial charge in [-0.2, -0.15) is 0 Å². The molecule has 0 spiro atoms. The number of aliphatic imine (C=N–C) groups is 1. The zero-order valence-corrected chi connectivity index (χ0v) is 17.5. The van der Waals surface area contributed by atoms with Gasteiger partial charge in [-0.3, -0.25) is 9.78 Å². The van der Waals surface area contributed by atoms with E-state index in [1.807, 2.05) is 4.90 Å². The van der Waals surface area contributed by atoms with Crippen LogP contribution in [0.25, 0.3) is 0 Å². The molecular formula is C22H21F3N4O4. The lowest BCUT2D eigenvalue weighted by molar-refractivity contribution is -0.274. The minimum absolute atomic E-state index is 0.0895. The molecule has 33 heavy (non-hydrogen) atoms. The Morgan fingerprint density at radius 1 is 1.03 bits per heavy atom. The maximum Gasteiger partial charge on any atom is 0.573 e. The Bertz CT molecular complexity index is 1060. The molecular weight excluding hydrogens is 441 g/mol. The van der Waals surface area contributed by atoms with Crippen LogP contribution >= 0.6 is 0 Å². The highest BCUT2D eigenvalue weighted by molar-refractivity contribution is 6.00. The number of halogens is 3. The van der Waals surface area contributed by atoms with Gasteiger partial charge in [0.1, 0.15) is 11.4 Å². The number of alkyl halides is 3. The van der Waals surface area contributed by atoms with Crippen molar-refractivity contribution in [3.05, 3.63) is 59.9 Å². The lowest BCUT2D eigenvalue weighted by atomic mass is 10.1. The molecule has 8 nitrogen and oxygen atoms in total. The zero-order valence-electron chi connectivity index (χ0n) is 17.5. The smallest absolute Gasteiger partial charge is 0.479 e. The van der Waals surface area contributed by atoms with Gasteiger partial charge >= 0.3 is 12.3 Å². The second-order valence-corrected chi connectivity index (χ2v) is 7.84. The molecule has 11 heteroatoms. The molecule has 1 aromatic carbocycles. The summed E-state index contributed by atoms with van der Waals surface area (Å²) in [6, 6.07) is 10.2. The van der Waals surface area contributed by atoms with E-state index in [1.54, 1.807) is 24.4 Å². The van der Waals surface area contributed by atoms with Crippen molar-refractivity contribution in [3.8, 4) is 5.75 Å². The largest absolute Gasteiger partial charge is 0.573 e. The number of benzene rings is 1. The van der Waals surface area contributed by atoms with E-state index in [2.05, 4.69) is 14.7 Å². The number of amidine groups is 1. The number of piperazine rings is 1. The monoisotopic (exact) mass is 462 g/mol. The fourth-order valence-corrected chi connectivity index (χ4v) is 3.61. The van der Waals surface area contributed by atoms with Crippen molar-refractivity contribution < 1.29 is 32.6 Å². The first-order chi connectivity index (χ1) is 15.7. The maximum atomic E-state index is 12.8. The fraction of sp³-hybridized carbons (Fsp3) is 0.364. The SMILES string of the molecule is O=C(c1cccc(OC(F)(F)F)c1)N1CCN(C(=NC2(C(=O)O)CC2)c2ccccn2)CC1. The molecule has 0 atom stereocenters. The Hall–Kier alpha value is -3.63. The summed E-state index contributed by atoms with van der Waals surface area (Å²) in [5.41, 5.74) is -0.507. The second-order valence-electron chi connectivity index (χ2n) is 7.84. The van der Waals surface area contributed by atoms with Crippen LogP contribution in [-0.2, 0) is 4.79 Å². The topological polar surface area (TPSA) is 95.3 Å². The Morgan fingerprint density at radius 2 is 1.73 bits per heavy atom. The number of carbonyl (C=O) groups excluding carboxylic acids is 1. The maximum absolute atomic E-state index is 12.8. The summed E-state index contributed by atoms with van der Waals surface area (Å²) in [5.74, 6) is -1.39. The van der Waals surface area contributed by atoms with E-state index in [-0.39, 0.29) is 18.7 Å². The second kappa shape index (κ2) is 8.72. The van der Waals surface area contributed by atoms with Gasteiger partial charge in [0, 0.05) is 37.9 Å². The first-order valence-electron chi connectivity index (χ1n) is 10.3. The Balaban J connectivity index is 1.48. The third-order valence-corrected chi connectivity index (χ3v) is 5.52. The lowest BCUT2D eigenvalue weighted by Crippen LogP contribution is -2.51. The van der Waals surface area contributed by atoms with Crippen LogP contribution in [0.1, 0.15) is 28.9 Å². The summed E-state index contributed by atoms with van der Waals surface area (Å²) in [6.45, 7) is 1.31. The molecule has 1 N–H and O–H groups in total. The predicted molar refractivity (Wildman–Crippen MR) is 111 cm³/mol. The summed E-state index contributed by atoms with van der Waals surface area (Å²) >= 11 is 0. The Labute approximate surface area is 187 Å². The minimum Gasteiger partial charge on any atom is -0.479 e. The number of aromatic nitrogens is 1. The van der Waals surface area contributed by atoms with E-state index >= 15 is 0 Å². The van der Waals surface area contributed by atoms with Gasteiger partial charge in [0.25, 0.3) is 5.91 Å². The average molecular weight is 462 g/mol. The lowest BCUT2D eigenvalue weighted by Gasteiger charge is -2.36. The van der Waals surface area contributed by atoms with Crippen LogP contribution < -0.4 is 4.74 Å². The highest BCUT2D eigenvalue weighted by Gasteiger charge is 2.51. The number of pyridine rings is 1. The number of carboxylic acid groups (broad SMARTS) is 1. The highest BCUT2D eigenvalue weighted by atomic mass is 19.4. The van der Waals surface area contributed by atoms with Gasteiger partial charge in [0.15, 0.2) is 11.4 Å². The number of aliphatic carboxylic acids is 1. The molecule has 2 aliphatic rings. The molecule has 0 bridgehead atoms. The molecule has 2 fully saturated rings. The molecule has 4 rings (SSSR count). The van der Waals surface area contributed by atoms with Gasteiger partial charge in [-0.1, -0.05) is 12.1 Å². The number of nitrogens with zero attached hydrogens (tertiary/aromatic N) is 4. The molecule has 0 unspecified atom stereocenters. The van der Waals surface area contributed by atoms with Gasteiger partial charge in [0.05, 0.1) is 0 Å². The van der Waals surface area contributed by atoms with E-state index < -0.39 is 29.5 Å². The van der Waals surface area contributed by atoms with Crippen molar-refractivity contribution in [1.29, 1.82) is 0 Å². The molecule has 1 saturated carbocycles. The standard InChI is InChI=1S/C22H21F3N4O4/c23-22(24,25)33-16-5-3-4-15(14-16)19(30)29-12-10-28(11-13-29)18(17-6-1-2-9-26-17)27-21(7-8-21)20(31)32/h1-6,9,14H,7-8,10-13H2,(H,31,32). The van der Waals surface area contributed by atoms with Crippen LogP contribution in [0.3, 0.4) is 0 Å². The van der Waals surface area contributed by atoms with E-state index in [1.165, 1.54) is 17.0 Å². The van der Waals surface area contributed by atoms with E-state index in [9.17, 15) is 27.9 Å². The molecule has 1 aliphatic carbocycles. The molecule has 2 aromatic rings. The predicted octanol–water partition coefficient (Wildman–Crippen LogP) is 2.80. The molecule has 2 heterocycles. The van der Waals surface area contributed by atoms with E-state index in [0.717, 1.165) is 12.1 Å². The first-order valence-corrected chi connectivity index (χ1v) is 10.3. The van der Waals surface area contributed by atoms with Crippen LogP contribution in [0.2, 0.25) is 0 Å². The molecule has 174 valence electrons. The fourth-order valence-electron chi connectivity index (χ4n) is 3.61. The molecule has 0 radical (unpaired) electrons. The van der Waals surface area contributed by atoms with Gasteiger partial charge < -0.3 is 19.6 Å².